The summed E-state index contributed by atoms with van der Waals surface area (Å²) in [6, 6.07) is 9.12. The van der Waals surface area contributed by atoms with E-state index in [1.165, 1.54) is 11.1 Å². The molecule has 1 aromatic rings. The van der Waals surface area contributed by atoms with Crippen LogP contribution >= 0.6 is 0 Å². The maximum Gasteiger partial charge on any atom is 0.0803 e. The Labute approximate surface area is 112 Å². The molecule has 0 aliphatic heterocycles. The number of rotatable bonds is 7. The molecule has 18 heavy (non-hydrogen) atoms. The summed E-state index contributed by atoms with van der Waals surface area (Å²) in [7, 11) is 1.81. The summed E-state index contributed by atoms with van der Waals surface area (Å²) in [6.07, 6.45) is 2.01. The van der Waals surface area contributed by atoms with E-state index in [0.717, 1.165) is 19.4 Å². The predicted molar refractivity (Wildman–Crippen MR) is 78.1 cm³/mol. The minimum Gasteiger partial charge on any atom is -0.377 e. The second-order valence-electron chi connectivity index (χ2n) is 5.17. The third-order valence-corrected chi connectivity index (χ3v) is 3.92. The van der Waals surface area contributed by atoms with Crippen LogP contribution in [0.4, 0.5) is 0 Å². The molecule has 0 aliphatic rings. The topological polar surface area (TPSA) is 21.3 Å². The first kappa shape index (κ1) is 15.2. The lowest BCUT2D eigenvalue weighted by Gasteiger charge is -2.36. The molecule has 0 aliphatic carbocycles. The van der Waals surface area contributed by atoms with Crippen LogP contribution in [0.25, 0.3) is 0 Å². The van der Waals surface area contributed by atoms with Gasteiger partial charge in [0.2, 0.25) is 0 Å². The quantitative estimate of drug-likeness (QED) is 0.800. The monoisotopic (exact) mass is 249 g/mol. The zero-order chi connectivity index (χ0) is 13.6. The summed E-state index contributed by atoms with van der Waals surface area (Å²) in [6.45, 7) is 9.61. The molecule has 1 N–H and O–H groups in total. The molecule has 0 aromatic heterocycles. The molecule has 0 amide bonds. The Bertz CT molecular complexity index is 341. The number of hydrogen-bond donors (Lipinski definition) is 1. The van der Waals surface area contributed by atoms with Crippen molar-refractivity contribution < 1.29 is 4.74 Å². The summed E-state index contributed by atoms with van der Waals surface area (Å²) in [5.41, 5.74) is 2.56. The maximum absolute atomic E-state index is 5.74. The second kappa shape index (κ2) is 6.91. The van der Waals surface area contributed by atoms with E-state index < -0.39 is 0 Å². The maximum atomic E-state index is 5.74. The van der Waals surface area contributed by atoms with Crippen molar-refractivity contribution in [2.24, 2.45) is 0 Å². The van der Waals surface area contributed by atoms with Crippen LogP contribution in [0.15, 0.2) is 24.3 Å². The number of nitrogens with one attached hydrogen (secondary N) is 1. The van der Waals surface area contributed by atoms with Gasteiger partial charge >= 0.3 is 0 Å². The number of hydrogen-bond acceptors (Lipinski definition) is 2. The molecule has 102 valence electrons. The molecule has 0 radical (unpaired) electrons. The molecule has 2 heteroatoms. The molecule has 2 nitrogen and oxygen atoms in total. The van der Waals surface area contributed by atoms with Gasteiger partial charge in [0.1, 0.15) is 0 Å². The molecular weight excluding hydrogens is 222 g/mol. The van der Waals surface area contributed by atoms with Gasteiger partial charge in [0.05, 0.1) is 5.60 Å². The molecular formula is C16H27NO. The fourth-order valence-electron chi connectivity index (χ4n) is 2.24. The highest BCUT2D eigenvalue weighted by Gasteiger charge is 2.31. The SMILES string of the molecule is CCNC(Cc1ccc(C)cc1)C(C)(CC)OC. The first-order valence-electron chi connectivity index (χ1n) is 6.89. The molecule has 2 atom stereocenters. The van der Waals surface area contributed by atoms with Crippen LogP contribution in [-0.2, 0) is 11.2 Å². The van der Waals surface area contributed by atoms with E-state index in [-0.39, 0.29) is 5.60 Å². The standard InChI is InChI=1S/C16H27NO/c1-6-16(4,18-5)15(17-7-2)12-14-10-8-13(3)9-11-14/h8-11,15,17H,6-7,12H2,1-5H3. The van der Waals surface area contributed by atoms with Crippen LogP contribution in [0, 0.1) is 6.92 Å². The number of ether oxygens (including phenoxy) is 1. The second-order valence-corrected chi connectivity index (χ2v) is 5.17. The van der Waals surface area contributed by atoms with Gasteiger partial charge in [0.25, 0.3) is 0 Å². The highest BCUT2D eigenvalue weighted by molar-refractivity contribution is 5.22. The largest absolute Gasteiger partial charge is 0.377 e. The lowest BCUT2D eigenvalue weighted by molar-refractivity contribution is -0.0283. The Hall–Kier alpha value is -0.860. The summed E-state index contributed by atoms with van der Waals surface area (Å²) < 4.78 is 5.74. The van der Waals surface area contributed by atoms with E-state index in [1.807, 2.05) is 7.11 Å². The predicted octanol–water partition coefficient (Wildman–Crippen LogP) is 3.33. The third kappa shape index (κ3) is 3.82. The molecule has 0 saturated carbocycles. The van der Waals surface area contributed by atoms with Crippen LogP contribution in [0.2, 0.25) is 0 Å². The minimum absolute atomic E-state index is 0.110. The Morgan fingerprint density at radius 1 is 1.22 bits per heavy atom. The first-order chi connectivity index (χ1) is 8.55. The van der Waals surface area contributed by atoms with Crippen LogP contribution in [0.5, 0.6) is 0 Å². The smallest absolute Gasteiger partial charge is 0.0803 e. The van der Waals surface area contributed by atoms with Gasteiger partial charge in [-0.05, 0) is 38.8 Å². The molecule has 1 rings (SSSR count). The van der Waals surface area contributed by atoms with Gasteiger partial charge in [-0.1, -0.05) is 43.7 Å². The van der Waals surface area contributed by atoms with Crippen molar-refractivity contribution in [3.8, 4) is 0 Å². The lowest BCUT2D eigenvalue weighted by atomic mass is 9.88. The average molecular weight is 249 g/mol. The van der Waals surface area contributed by atoms with E-state index in [4.69, 9.17) is 4.74 Å². The van der Waals surface area contributed by atoms with Crippen molar-refractivity contribution in [3.05, 3.63) is 35.4 Å². The fourth-order valence-corrected chi connectivity index (χ4v) is 2.24. The molecule has 0 spiro atoms. The molecule has 0 fully saturated rings. The van der Waals surface area contributed by atoms with Crippen molar-refractivity contribution in [1.29, 1.82) is 0 Å². The first-order valence-corrected chi connectivity index (χ1v) is 6.89. The lowest BCUT2D eigenvalue weighted by Crippen LogP contribution is -2.51. The normalized spacial score (nSPS) is 16.3. The molecule has 2 unspecified atom stereocenters. The van der Waals surface area contributed by atoms with Gasteiger partial charge < -0.3 is 10.1 Å². The van der Waals surface area contributed by atoms with Gasteiger partial charge in [0, 0.05) is 13.2 Å². The number of benzene rings is 1. The van der Waals surface area contributed by atoms with Crippen molar-refractivity contribution in [2.45, 2.75) is 52.2 Å². The van der Waals surface area contributed by atoms with Crippen LogP contribution in [-0.4, -0.2) is 25.3 Å². The molecule has 0 saturated heterocycles. The minimum atomic E-state index is -0.110. The summed E-state index contributed by atoms with van der Waals surface area (Å²) in [4.78, 5) is 0. The van der Waals surface area contributed by atoms with Gasteiger partial charge in [-0.3, -0.25) is 0 Å². The van der Waals surface area contributed by atoms with Gasteiger partial charge in [-0.2, -0.15) is 0 Å². The fraction of sp³-hybridized carbons (Fsp3) is 0.625. The van der Waals surface area contributed by atoms with E-state index in [9.17, 15) is 0 Å². The highest BCUT2D eigenvalue weighted by Crippen LogP contribution is 2.22. The number of aryl methyl sites for hydroxylation is 1. The van der Waals surface area contributed by atoms with Gasteiger partial charge in [-0.25, -0.2) is 0 Å². The van der Waals surface area contributed by atoms with Crippen molar-refractivity contribution in [1.82, 2.24) is 5.32 Å². The van der Waals surface area contributed by atoms with E-state index >= 15 is 0 Å². The molecule has 1 aromatic carbocycles. The Kier molecular flexibility index (Phi) is 5.83. The van der Waals surface area contributed by atoms with E-state index in [0.29, 0.717) is 6.04 Å². The average Bonchev–Trinajstić information content (AvgIpc) is 2.40. The molecule has 0 heterocycles. The van der Waals surface area contributed by atoms with Crippen LogP contribution in [0.3, 0.4) is 0 Å². The molecule has 0 bridgehead atoms. The van der Waals surface area contributed by atoms with Gasteiger partial charge in [-0.15, -0.1) is 0 Å². The highest BCUT2D eigenvalue weighted by atomic mass is 16.5. The van der Waals surface area contributed by atoms with Crippen LogP contribution < -0.4 is 5.32 Å². The Morgan fingerprint density at radius 2 is 1.83 bits per heavy atom. The number of methoxy groups -OCH3 is 1. The zero-order valence-corrected chi connectivity index (χ0v) is 12.4. The van der Waals surface area contributed by atoms with Crippen molar-refractivity contribution >= 4 is 0 Å². The Morgan fingerprint density at radius 3 is 2.28 bits per heavy atom. The Balaban J connectivity index is 2.82. The summed E-state index contributed by atoms with van der Waals surface area (Å²) in [5.74, 6) is 0. The van der Waals surface area contributed by atoms with Crippen molar-refractivity contribution in [2.75, 3.05) is 13.7 Å². The third-order valence-electron chi connectivity index (χ3n) is 3.92. The van der Waals surface area contributed by atoms with Crippen molar-refractivity contribution in [3.63, 3.8) is 0 Å². The zero-order valence-electron chi connectivity index (χ0n) is 12.4. The summed E-state index contributed by atoms with van der Waals surface area (Å²) >= 11 is 0. The van der Waals surface area contributed by atoms with E-state index in [2.05, 4.69) is 57.3 Å². The van der Waals surface area contributed by atoms with E-state index in [1.54, 1.807) is 0 Å². The number of likely N-dealkylation sites (N-methyl/N-ethyl adjacent to an activating group) is 1. The summed E-state index contributed by atoms with van der Waals surface area (Å²) in [5, 5.41) is 3.56. The van der Waals surface area contributed by atoms with Gasteiger partial charge in [0.15, 0.2) is 0 Å². The van der Waals surface area contributed by atoms with Crippen LogP contribution in [0.1, 0.15) is 38.3 Å².